The van der Waals surface area contributed by atoms with Gasteiger partial charge in [-0.25, -0.2) is 0 Å². The summed E-state index contributed by atoms with van der Waals surface area (Å²) in [4.78, 5) is 2.43. The van der Waals surface area contributed by atoms with Gasteiger partial charge in [-0.3, -0.25) is 4.90 Å². The Bertz CT molecular complexity index is 667. The number of ether oxygens (including phenoxy) is 2. The summed E-state index contributed by atoms with van der Waals surface area (Å²) in [7, 11) is 3.35. The number of rotatable bonds is 5. The summed E-state index contributed by atoms with van der Waals surface area (Å²) in [6.07, 6.45) is 1.02. The van der Waals surface area contributed by atoms with Gasteiger partial charge >= 0.3 is 0 Å². The summed E-state index contributed by atoms with van der Waals surface area (Å²) in [6, 6.07) is 12.4. The lowest BCUT2D eigenvalue weighted by Gasteiger charge is -2.29. The van der Waals surface area contributed by atoms with E-state index in [0.29, 0.717) is 0 Å². The third kappa shape index (κ3) is 3.49. The van der Waals surface area contributed by atoms with Crippen LogP contribution in [0.25, 0.3) is 0 Å². The summed E-state index contributed by atoms with van der Waals surface area (Å²) >= 11 is 0. The number of nitrogens with zero attached hydrogens (tertiary/aromatic N) is 1. The molecule has 1 heterocycles. The smallest absolute Gasteiger partial charge is 0.161 e. The molecule has 0 saturated heterocycles. The van der Waals surface area contributed by atoms with Gasteiger partial charge in [-0.2, -0.15) is 0 Å². The summed E-state index contributed by atoms with van der Waals surface area (Å²) in [5.74, 6) is 1.60. The maximum atomic E-state index is 9.12. The Morgan fingerprint density at radius 1 is 0.957 bits per heavy atom. The third-order valence-corrected chi connectivity index (χ3v) is 4.41. The van der Waals surface area contributed by atoms with Crippen LogP contribution in [0.15, 0.2) is 36.4 Å². The molecule has 0 radical (unpaired) electrons. The molecule has 0 aromatic heterocycles. The lowest BCUT2D eigenvalue weighted by atomic mass is 9.98. The van der Waals surface area contributed by atoms with Gasteiger partial charge in [-0.15, -0.1) is 0 Å². The molecule has 0 atom stereocenters. The second kappa shape index (κ2) is 7.02. The van der Waals surface area contributed by atoms with Crippen molar-refractivity contribution in [2.45, 2.75) is 26.1 Å². The van der Waals surface area contributed by atoms with Crippen LogP contribution in [0.4, 0.5) is 0 Å². The highest BCUT2D eigenvalue weighted by atomic mass is 16.5. The minimum Gasteiger partial charge on any atom is -0.493 e. The topological polar surface area (TPSA) is 41.9 Å². The summed E-state index contributed by atoms with van der Waals surface area (Å²) in [5, 5.41) is 9.12. The molecule has 0 aliphatic carbocycles. The zero-order valence-electron chi connectivity index (χ0n) is 13.7. The van der Waals surface area contributed by atoms with E-state index >= 15 is 0 Å². The Kier molecular flexibility index (Phi) is 4.84. The Morgan fingerprint density at radius 2 is 1.57 bits per heavy atom. The maximum Gasteiger partial charge on any atom is 0.161 e. The van der Waals surface area contributed by atoms with Gasteiger partial charge in [0.05, 0.1) is 20.8 Å². The Balaban J connectivity index is 1.74. The van der Waals surface area contributed by atoms with Crippen molar-refractivity contribution in [2.75, 3.05) is 20.8 Å². The number of methoxy groups -OCH3 is 2. The van der Waals surface area contributed by atoms with Crippen LogP contribution in [-0.2, 0) is 26.1 Å². The molecule has 1 aliphatic heterocycles. The number of benzene rings is 2. The van der Waals surface area contributed by atoms with E-state index in [1.54, 1.807) is 14.2 Å². The van der Waals surface area contributed by atoms with Crippen molar-refractivity contribution in [1.82, 2.24) is 4.90 Å². The number of hydrogen-bond donors (Lipinski definition) is 1. The quantitative estimate of drug-likeness (QED) is 0.921. The molecule has 0 spiro atoms. The molecule has 0 bridgehead atoms. The Hall–Kier alpha value is -2.04. The predicted molar refractivity (Wildman–Crippen MR) is 89.7 cm³/mol. The van der Waals surface area contributed by atoms with Gasteiger partial charge in [0.1, 0.15) is 0 Å². The maximum absolute atomic E-state index is 9.12. The van der Waals surface area contributed by atoms with E-state index in [1.807, 2.05) is 12.1 Å². The Morgan fingerprint density at radius 3 is 2.17 bits per heavy atom. The molecule has 2 aromatic carbocycles. The van der Waals surface area contributed by atoms with E-state index in [4.69, 9.17) is 14.6 Å². The summed E-state index contributed by atoms with van der Waals surface area (Å²) in [6.45, 7) is 2.96. The summed E-state index contributed by atoms with van der Waals surface area (Å²) in [5.41, 5.74) is 4.87. The van der Waals surface area contributed by atoms with Crippen molar-refractivity contribution in [2.24, 2.45) is 0 Å². The molecule has 122 valence electrons. The highest BCUT2D eigenvalue weighted by Crippen LogP contribution is 2.33. The molecule has 1 aliphatic rings. The van der Waals surface area contributed by atoms with Crippen LogP contribution in [0.5, 0.6) is 11.5 Å². The molecular formula is C19H23NO3. The van der Waals surface area contributed by atoms with Crippen molar-refractivity contribution >= 4 is 0 Å². The van der Waals surface area contributed by atoms with Crippen LogP contribution in [0.3, 0.4) is 0 Å². The average Bonchev–Trinajstić information content (AvgIpc) is 2.61. The zero-order chi connectivity index (χ0) is 16.2. The molecule has 0 amide bonds. The van der Waals surface area contributed by atoms with E-state index in [2.05, 4.69) is 29.2 Å². The van der Waals surface area contributed by atoms with Gasteiger partial charge in [-0.05, 0) is 40.8 Å². The molecular weight excluding hydrogens is 290 g/mol. The standard InChI is InChI=1S/C19H23NO3/c1-22-18-9-16-7-8-20(12-17(16)10-19(18)23-2)11-14-3-5-15(13-21)6-4-14/h3-6,9-10,21H,7-8,11-13H2,1-2H3. The average molecular weight is 313 g/mol. The molecule has 0 unspecified atom stereocenters. The van der Waals surface area contributed by atoms with Crippen molar-refractivity contribution in [3.63, 3.8) is 0 Å². The molecule has 4 nitrogen and oxygen atoms in total. The second-order valence-corrected chi connectivity index (χ2v) is 5.91. The van der Waals surface area contributed by atoms with E-state index in [0.717, 1.165) is 43.1 Å². The highest BCUT2D eigenvalue weighted by Gasteiger charge is 2.19. The molecule has 1 N–H and O–H groups in total. The number of hydrogen-bond acceptors (Lipinski definition) is 4. The highest BCUT2D eigenvalue weighted by molar-refractivity contribution is 5.48. The van der Waals surface area contributed by atoms with Crippen LogP contribution in [0.2, 0.25) is 0 Å². The molecule has 0 saturated carbocycles. The van der Waals surface area contributed by atoms with Gasteiger partial charge in [0.2, 0.25) is 0 Å². The van der Waals surface area contributed by atoms with Crippen molar-refractivity contribution in [1.29, 1.82) is 0 Å². The molecule has 4 heteroatoms. The van der Waals surface area contributed by atoms with Crippen molar-refractivity contribution < 1.29 is 14.6 Å². The first-order chi connectivity index (χ1) is 11.2. The summed E-state index contributed by atoms with van der Waals surface area (Å²) < 4.78 is 10.8. The van der Waals surface area contributed by atoms with Gasteiger partial charge in [0, 0.05) is 19.6 Å². The van der Waals surface area contributed by atoms with E-state index in [1.165, 1.54) is 16.7 Å². The first-order valence-corrected chi connectivity index (χ1v) is 7.88. The normalized spacial score (nSPS) is 14.4. The van der Waals surface area contributed by atoms with Gasteiger partial charge in [0.25, 0.3) is 0 Å². The molecule has 0 fully saturated rings. The first kappa shape index (κ1) is 15.8. The monoisotopic (exact) mass is 313 g/mol. The van der Waals surface area contributed by atoms with Crippen LogP contribution in [-0.4, -0.2) is 30.8 Å². The second-order valence-electron chi connectivity index (χ2n) is 5.91. The molecule has 3 rings (SSSR count). The van der Waals surface area contributed by atoms with Gasteiger partial charge in [-0.1, -0.05) is 24.3 Å². The van der Waals surface area contributed by atoms with Gasteiger partial charge in [0.15, 0.2) is 11.5 Å². The number of fused-ring (bicyclic) bond motifs is 1. The fraction of sp³-hybridized carbons (Fsp3) is 0.368. The number of aliphatic hydroxyl groups excluding tert-OH is 1. The van der Waals surface area contributed by atoms with E-state index in [9.17, 15) is 0 Å². The van der Waals surface area contributed by atoms with E-state index < -0.39 is 0 Å². The van der Waals surface area contributed by atoms with Crippen LogP contribution in [0, 0.1) is 0 Å². The van der Waals surface area contributed by atoms with Crippen LogP contribution >= 0.6 is 0 Å². The SMILES string of the molecule is COc1cc2c(cc1OC)CN(Cc1ccc(CO)cc1)CC2. The Labute approximate surface area is 137 Å². The third-order valence-electron chi connectivity index (χ3n) is 4.41. The molecule has 23 heavy (non-hydrogen) atoms. The zero-order valence-corrected chi connectivity index (χ0v) is 13.7. The minimum absolute atomic E-state index is 0.0962. The van der Waals surface area contributed by atoms with E-state index in [-0.39, 0.29) is 6.61 Å². The van der Waals surface area contributed by atoms with Gasteiger partial charge < -0.3 is 14.6 Å². The van der Waals surface area contributed by atoms with Crippen molar-refractivity contribution in [3.05, 3.63) is 58.7 Å². The lowest BCUT2D eigenvalue weighted by Crippen LogP contribution is -2.30. The fourth-order valence-corrected chi connectivity index (χ4v) is 3.08. The molecule has 2 aromatic rings. The number of aliphatic hydroxyl groups is 1. The predicted octanol–water partition coefficient (Wildman–Crippen LogP) is 2.75. The van der Waals surface area contributed by atoms with Crippen LogP contribution in [0.1, 0.15) is 22.3 Å². The van der Waals surface area contributed by atoms with Crippen LogP contribution < -0.4 is 9.47 Å². The fourth-order valence-electron chi connectivity index (χ4n) is 3.08. The first-order valence-electron chi connectivity index (χ1n) is 7.88. The largest absolute Gasteiger partial charge is 0.493 e. The lowest BCUT2D eigenvalue weighted by molar-refractivity contribution is 0.244. The van der Waals surface area contributed by atoms with Crippen molar-refractivity contribution in [3.8, 4) is 11.5 Å². The minimum atomic E-state index is 0.0962.